The van der Waals surface area contributed by atoms with E-state index in [9.17, 15) is 14.9 Å². The van der Waals surface area contributed by atoms with E-state index in [1.807, 2.05) is 24.3 Å². The Hall–Kier alpha value is -1.91. The number of amides is 1. The van der Waals surface area contributed by atoms with Crippen LogP contribution >= 0.6 is 0 Å². The largest absolute Gasteiger partial charge is 0.328 e. The highest BCUT2D eigenvalue weighted by Crippen LogP contribution is 2.38. The zero-order chi connectivity index (χ0) is 12.7. The summed E-state index contributed by atoms with van der Waals surface area (Å²) in [5, 5.41) is 11.2. The molecule has 0 aliphatic carbocycles. The van der Waals surface area contributed by atoms with Crippen molar-refractivity contribution in [2.75, 3.05) is 6.54 Å². The first-order valence-electron chi connectivity index (χ1n) is 6.19. The van der Waals surface area contributed by atoms with E-state index in [2.05, 4.69) is 0 Å². The van der Waals surface area contributed by atoms with Gasteiger partial charge in [-0.3, -0.25) is 14.9 Å². The van der Waals surface area contributed by atoms with Crippen molar-refractivity contribution in [3.8, 4) is 0 Å². The van der Waals surface area contributed by atoms with Crippen LogP contribution in [0.3, 0.4) is 0 Å². The van der Waals surface area contributed by atoms with Gasteiger partial charge in [0, 0.05) is 11.5 Å². The SMILES string of the molecule is O=C1C[C@@H]([N+](=O)[O-])[C@@H]2c3ccccc3CCCN12. The van der Waals surface area contributed by atoms with Gasteiger partial charge in [0.1, 0.15) is 6.04 Å². The maximum absolute atomic E-state index is 11.9. The van der Waals surface area contributed by atoms with E-state index in [-0.39, 0.29) is 23.3 Å². The summed E-state index contributed by atoms with van der Waals surface area (Å²) < 4.78 is 0. The average Bonchev–Trinajstić information content (AvgIpc) is 2.57. The van der Waals surface area contributed by atoms with Crippen LogP contribution in [0.25, 0.3) is 0 Å². The lowest BCUT2D eigenvalue weighted by Crippen LogP contribution is -2.32. The first kappa shape index (κ1) is 11.2. The van der Waals surface area contributed by atoms with E-state index in [0.29, 0.717) is 6.54 Å². The third-order valence-electron chi connectivity index (χ3n) is 3.89. The summed E-state index contributed by atoms with van der Waals surface area (Å²) in [5.74, 6) is -0.0848. The topological polar surface area (TPSA) is 63.4 Å². The number of hydrogen-bond donors (Lipinski definition) is 0. The molecule has 18 heavy (non-hydrogen) atoms. The number of carbonyl (C=O) groups excluding carboxylic acids is 1. The summed E-state index contributed by atoms with van der Waals surface area (Å²) in [7, 11) is 0. The van der Waals surface area contributed by atoms with Crippen LogP contribution in [-0.4, -0.2) is 28.3 Å². The second kappa shape index (κ2) is 4.08. The molecule has 94 valence electrons. The highest BCUT2D eigenvalue weighted by atomic mass is 16.6. The Bertz CT molecular complexity index is 515. The average molecular weight is 246 g/mol. The Kier molecular flexibility index (Phi) is 2.54. The van der Waals surface area contributed by atoms with Crippen molar-refractivity contribution >= 4 is 5.91 Å². The molecule has 1 saturated heterocycles. The third kappa shape index (κ3) is 1.58. The quantitative estimate of drug-likeness (QED) is 0.558. The number of nitrogens with zero attached hydrogens (tertiary/aromatic N) is 2. The maximum Gasteiger partial charge on any atom is 0.246 e. The predicted octanol–water partition coefficient (Wildman–Crippen LogP) is 1.55. The van der Waals surface area contributed by atoms with Crippen LogP contribution in [0, 0.1) is 10.1 Å². The first-order valence-corrected chi connectivity index (χ1v) is 6.19. The van der Waals surface area contributed by atoms with E-state index in [1.165, 1.54) is 0 Å². The van der Waals surface area contributed by atoms with Gasteiger partial charge in [0.15, 0.2) is 0 Å². The standard InChI is InChI=1S/C13H14N2O3/c16-12-8-11(15(17)18)13-10-6-2-1-4-9(10)5-3-7-14(12)13/h1-2,4,6,11,13H,3,5,7-8H2/t11-,13+/m1/s1. The summed E-state index contributed by atoms with van der Waals surface area (Å²) in [5.41, 5.74) is 2.11. The van der Waals surface area contributed by atoms with Gasteiger partial charge in [-0.15, -0.1) is 0 Å². The molecule has 2 aliphatic heterocycles. The fourth-order valence-electron chi connectivity index (χ4n) is 3.09. The maximum atomic E-state index is 11.9. The minimum Gasteiger partial charge on any atom is -0.328 e. The number of fused-ring (bicyclic) bond motifs is 3. The van der Waals surface area contributed by atoms with Crippen LogP contribution in [0.2, 0.25) is 0 Å². The predicted molar refractivity (Wildman–Crippen MR) is 64.6 cm³/mol. The van der Waals surface area contributed by atoms with Crippen molar-refractivity contribution in [2.45, 2.75) is 31.3 Å². The smallest absolute Gasteiger partial charge is 0.246 e. The lowest BCUT2D eigenvalue weighted by Gasteiger charge is -2.23. The lowest BCUT2D eigenvalue weighted by atomic mass is 9.95. The molecule has 1 aromatic carbocycles. The number of nitro groups is 1. The van der Waals surface area contributed by atoms with Crippen LogP contribution < -0.4 is 0 Å². The number of aryl methyl sites for hydroxylation is 1. The zero-order valence-corrected chi connectivity index (χ0v) is 9.91. The number of rotatable bonds is 1. The minimum absolute atomic E-state index is 0.0337. The molecular weight excluding hydrogens is 232 g/mol. The fourth-order valence-corrected chi connectivity index (χ4v) is 3.09. The van der Waals surface area contributed by atoms with Crippen LogP contribution in [-0.2, 0) is 11.2 Å². The summed E-state index contributed by atoms with van der Waals surface area (Å²) in [6, 6.07) is 6.61. The molecule has 0 radical (unpaired) electrons. The van der Waals surface area contributed by atoms with E-state index in [0.717, 1.165) is 24.0 Å². The molecule has 0 unspecified atom stereocenters. The van der Waals surface area contributed by atoms with Crippen molar-refractivity contribution in [1.82, 2.24) is 4.90 Å². The fraction of sp³-hybridized carbons (Fsp3) is 0.462. The highest BCUT2D eigenvalue weighted by Gasteiger charge is 2.49. The molecule has 2 heterocycles. The molecule has 0 N–H and O–H groups in total. The molecule has 0 spiro atoms. The number of carbonyl (C=O) groups is 1. The van der Waals surface area contributed by atoms with Gasteiger partial charge in [-0.05, 0) is 24.0 Å². The van der Waals surface area contributed by atoms with Crippen LogP contribution in [0.5, 0.6) is 0 Å². The van der Waals surface area contributed by atoms with Gasteiger partial charge in [-0.2, -0.15) is 0 Å². The normalized spacial score (nSPS) is 26.4. The van der Waals surface area contributed by atoms with Crippen molar-refractivity contribution in [3.63, 3.8) is 0 Å². The third-order valence-corrected chi connectivity index (χ3v) is 3.89. The van der Waals surface area contributed by atoms with Gasteiger partial charge in [-0.25, -0.2) is 0 Å². The van der Waals surface area contributed by atoms with E-state index in [4.69, 9.17) is 0 Å². The van der Waals surface area contributed by atoms with Crippen molar-refractivity contribution < 1.29 is 9.72 Å². The Labute approximate surface area is 105 Å². The summed E-state index contributed by atoms with van der Waals surface area (Å²) in [6.45, 7) is 0.628. The van der Waals surface area contributed by atoms with Gasteiger partial charge >= 0.3 is 0 Å². The van der Waals surface area contributed by atoms with Gasteiger partial charge < -0.3 is 4.90 Å². The number of benzene rings is 1. The molecule has 1 fully saturated rings. The summed E-state index contributed by atoms with van der Waals surface area (Å²) in [6.07, 6.45) is 1.80. The Morgan fingerprint density at radius 2 is 2.11 bits per heavy atom. The molecule has 2 aliphatic rings. The van der Waals surface area contributed by atoms with Crippen molar-refractivity contribution in [2.24, 2.45) is 0 Å². The molecule has 0 aromatic heterocycles. The second-order valence-corrected chi connectivity index (χ2v) is 4.89. The Balaban J connectivity index is 2.10. The van der Waals surface area contributed by atoms with Gasteiger partial charge in [0.05, 0.1) is 6.42 Å². The Morgan fingerprint density at radius 1 is 1.33 bits per heavy atom. The zero-order valence-electron chi connectivity index (χ0n) is 9.91. The van der Waals surface area contributed by atoms with Crippen LogP contribution in [0.4, 0.5) is 0 Å². The monoisotopic (exact) mass is 246 g/mol. The highest BCUT2D eigenvalue weighted by molar-refractivity contribution is 5.80. The van der Waals surface area contributed by atoms with Crippen molar-refractivity contribution in [3.05, 3.63) is 45.5 Å². The molecule has 0 saturated carbocycles. The van der Waals surface area contributed by atoms with E-state index < -0.39 is 6.04 Å². The van der Waals surface area contributed by atoms with E-state index in [1.54, 1.807) is 4.90 Å². The molecule has 2 atom stereocenters. The molecule has 5 nitrogen and oxygen atoms in total. The van der Waals surface area contributed by atoms with Crippen molar-refractivity contribution in [1.29, 1.82) is 0 Å². The number of hydrogen-bond acceptors (Lipinski definition) is 3. The summed E-state index contributed by atoms with van der Waals surface area (Å²) in [4.78, 5) is 24.5. The molecule has 1 amide bonds. The molecule has 5 heteroatoms. The van der Waals surface area contributed by atoms with Crippen LogP contribution in [0.1, 0.15) is 30.0 Å². The van der Waals surface area contributed by atoms with Crippen LogP contribution in [0.15, 0.2) is 24.3 Å². The molecular formula is C13H14N2O3. The second-order valence-electron chi connectivity index (χ2n) is 4.89. The van der Waals surface area contributed by atoms with Gasteiger partial charge in [-0.1, -0.05) is 24.3 Å². The lowest BCUT2D eigenvalue weighted by molar-refractivity contribution is -0.525. The van der Waals surface area contributed by atoms with Gasteiger partial charge in [0.25, 0.3) is 0 Å². The molecule has 3 rings (SSSR count). The first-order chi connectivity index (χ1) is 8.68. The Morgan fingerprint density at radius 3 is 2.89 bits per heavy atom. The van der Waals surface area contributed by atoms with Gasteiger partial charge in [0.2, 0.25) is 11.9 Å². The van der Waals surface area contributed by atoms with E-state index >= 15 is 0 Å². The minimum atomic E-state index is -0.795. The molecule has 0 bridgehead atoms. The summed E-state index contributed by atoms with van der Waals surface area (Å²) >= 11 is 0. The molecule has 1 aromatic rings.